The van der Waals surface area contributed by atoms with Gasteiger partial charge in [0.15, 0.2) is 16.9 Å². The van der Waals surface area contributed by atoms with E-state index < -0.39 is 25.2 Å². The fraction of sp³-hybridized carbons (Fsp3) is 0.778. The van der Waals surface area contributed by atoms with E-state index in [0.29, 0.717) is 0 Å². The zero-order valence-corrected chi connectivity index (χ0v) is 13.4. The van der Waals surface area contributed by atoms with Gasteiger partial charge in [-0.2, -0.15) is 0 Å². The topological polar surface area (TPSA) is 9.23 Å². The smallest absolute Gasteiger partial charge is 0.170 e. The molecule has 0 aromatic carbocycles. The second-order valence-corrected chi connectivity index (χ2v) is 20.1. The lowest BCUT2D eigenvalue weighted by atomic mass is 10.4. The molecule has 0 N–H and O–H groups in total. The van der Waals surface area contributed by atoms with Gasteiger partial charge in [-0.15, -0.1) is 0 Å². The van der Waals surface area contributed by atoms with E-state index in [1.54, 1.807) is 0 Å². The third kappa shape index (κ3) is 7.42. The van der Waals surface area contributed by atoms with Crippen LogP contribution < -0.4 is 0 Å². The third-order valence-corrected chi connectivity index (χ3v) is 13.6. The normalized spacial score (nSPS) is 14.5. The number of allylic oxidation sites excluding steroid dienone is 1. The maximum atomic E-state index is 6.27. The van der Waals surface area contributed by atoms with E-state index in [2.05, 4.69) is 52.3 Å². The molecule has 1 unspecified atom stereocenters. The monoisotopic (exact) mass is 232 g/mol. The molecule has 0 aliphatic carbocycles. The van der Waals surface area contributed by atoms with Crippen molar-refractivity contribution in [3.8, 4) is 0 Å². The number of rotatable bonds is 4. The van der Waals surface area contributed by atoms with Gasteiger partial charge in [-0.1, -0.05) is 24.4 Å². The summed E-state index contributed by atoms with van der Waals surface area (Å²) in [5.41, 5.74) is 3.88. The molecule has 0 spiro atoms. The van der Waals surface area contributed by atoms with Gasteiger partial charge in [0.1, 0.15) is 0 Å². The van der Waals surface area contributed by atoms with Gasteiger partial charge in [0.2, 0.25) is 0 Å². The number of hydrogen-bond acceptors (Lipinski definition) is 1. The zero-order chi connectivity index (χ0) is 10.6. The summed E-state index contributed by atoms with van der Waals surface area (Å²) in [5, 5.41) is 0. The second-order valence-electron chi connectivity index (χ2n) is 5.18. The van der Waals surface area contributed by atoms with Gasteiger partial charge in [-0.3, -0.25) is 0 Å². The van der Waals surface area contributed by atoms with Crippen molar-refractivity contribution in [3.63, 3.8) is 0 Å². The Morgan fingerprint density at radius 2 is 1.62 bits per heavy atom. The van der Waals surface area contributed by atoms with Crippen LogP contribution in [0.2, 0.25) is 32.7 Å². The van der Waals surface area contributed by atoms with Crippen LogP contribution in [0.4, 0.5) is 0 Å². The van der Waals surface area contributed by atoms with E-state index in [4.69, 9.17) is 4.12 Å². The Labute approximate surface area is 87.5 Å². The highest BCUT2D eigenvalue weighted by molar-refractivity contribution is 7.22. The minimum atomic E-state index is -1.30. The fourth-order valence-corrected chi connectivity index (χ4v) is 15.2. The van der Waals surface area contributed by atoms with Crippen molar-refractivity contribution in [1.29, 1.82) is 0 Å². The van der Waals surface area contributed by atoms with Crippen LogP contribution in [0.5, 0.6) is 0 Å². The van der Waals surface area contributed by atoms with E-state index in [0.717, 1.165) is 0 Å². The Hall–Kier alpha value is 0.351. The molecule has 1 nitrogen and oxygen atoms in total. The largest absolute Gasteiger partial charge is 0.457 e. The van der Waals surface area contributed by atoms with E-state index in [9.17, 15) is 0 Å². The summed E-state index contributed by atoms with van der Waals surface area (Å²) in [6.45, 7) is 16.1. The van der Waals surface area contributed by atoms with Crippen LogP contribution in [-0.4, -0.2) is 25.2 Å². The average Bonchev–Trinajstić information content (AvgIpc) is 1.81. The lowest BCUT2D eigenvalue weighted by Crippen LogP contribution is -2.41. The molecule has 0 aliphatic rings. The van der Waals surface area contributed by atoms with Crippen LogP contribution in [0.1, 0.15) is 13.8 Å². The van der Waals surface area contributed by atoms with Gasteiger partial charge >= 0.3 is 0 Å². The van der Waals surface area contributed by atoms with Crippen molar-refractivity contribution in [2.45, 2.75) is 46.6 Å². The summed E-state index contributed by atoms with van der Waals surface area (Å²) >= 11 is 0. The van der Waals surface area contributed by atoms with Crippen molar-refractivity contribution in [2.75, 3.05) is 0 Å². The lowest BCUT2D eigenvalue weighted by molar-refractivity contribution is 0.597. The van der Waals surface area contributed by atoms with Gasteiger partial charge in [-0.25, -0.2) is 0 Å². The Bertz CT molecular complexity index is 178. The average molecular weight is 233 g/mol. The molecule has 78 valence electrons. The zero-order valence-electron chi connectivity index (χ0n) is 10.1. The van der Waals surface area contributed by atoms with Crippen molar-refractivity contribution in [1.82, 2.24) is 0 Å². The Morgan fingerprint density at radius 3 is 1.85 bits per heavy atom. The van der Waals surface area contributed by atoms with Crippen molar-refractivity contribution in [2.24, 2.45) is 0 Å². The van der Waals surface area contributed by atoms with Crippen LogP contribution in [0.25, 0.3) is 0 Å². The predicted octanol–water partition coefficient (Wildman–Crippen LogP) is 2.63. The quantitative estimate of drug-likeness (QED) is 0.677. The molecule has 0 fully saturated rings. The van der Waals surface area contributed by atoms with Crippen LogP contribution in [-0.2, 0) is 4.12 Å². The molecule has 0 aromatic rings. The first-order chi connectivity index (χ1) is 5.72. The van der Waals surface area contributed by atoms with Crippen LogP contribution >= 0.6 is 0 Å². The van der Waals surface area contributed by atoms with Gasteiger partial charge < -0.3 is 4.12 Å². The Morgan fingerprint density at radius 1 is 1.15 bits per heavy atom. The molecule has 0 aliphatic heterocycles. The molecule has 1 atom stereocenters. The maximum Gasteiger partial charge on any atom is 0.170 e. The molecule has 0 rings (SSSR count). The highest BCUT2D eigenvalue weighted by Gasteiger charge is 2.23. The predicted molar refractivity (Wildman–Crippen MR) is 69.9 cm³/mol. The van der Waals surface area contributed by atoms with E-state index in [1.165, 1.54) is 5.57 Å². The second kappa shape index (κ2) is 5.29. The molecule has 0 bridgehead atoms. The standard InChI is InChI=1S/C9H24OSi3/c1-9(2)8-12(11(3)4)10-13(5,6)7/h8,11-12H,1-7H3. The maximum absolute atomic E-state index is 6.27. The minimum absolute atomic E-state index is 0.566. The van der Waals surface area contributed by atoms with E-state index in [-0.39, 0.29) is 0 Å². The molecule has 0 saturated carbocycles. The van der Waals surface area contributed by atoms with Gasteiger partial charge in [0, 0.05) is 0 Å². The Balaban J connectivity index is 4.37. The summed E-state index contributed by atoms with van der Waals surface area (Å²) in [6.07, 6.45) is 0. The number of hydrogen-bond donors (Lipinski definition) is 0. The molecular weight excluding hydrogens is 208 g/mol. The third-order valence-electron chi connectivity index (χ3n) is 1.64. The summed E-state index contributed by atoms with van der Waals surface area (Å²) in [7, 11) is -2.82. The van der Waals surface area contributed by atoms with Crippen molar-refractivity contribution in [3.05, 3.63) is 11.3 Å². The molecule has 0 amide bonds. The van der Waals surface area contributed by atoms with Crippen LogP contribution in [0, 0.1) is 0 Å². The van der Waals surface area contributed by atoms with Gasteiger partial charge in [0.05, 0.1) is 8.31 Å². The molecule has 4 heteroatoms. The SMILES string of the molecule is CC(C)=C[SiH](O[Si](C)(C)C)[SiH](C)C. The summed E-state index contributed by atoms with van der Waals surface area (Å²) in [6, 6.07) is 0. The van der Waals surface area contributed by atoms with Gasteiger partial charge in [0.25, 0.3) is 0 Å². The molecule has 13 heavy (non-hydrogen) atoms. The summed E-state index contributed by atoms with van der Waals surface area (Å²) < 4.78 is 6.27. The first-order valence-corrected chi connectivity index (χ1v) is 14.6. The van der Waals surface area contributed by atoms with E-state index in [1.807, 2.05) is 0 Å². The highest BCUT2D eigenvalue weighted by atomic mass is 29.2. The highest BCUT2D eigenvalue weighted by Crippen LogP contribution is 2.09. The first-order valence-electron chi connectivity index (χ1n) is 5.05. The van der Waals surface area contributed by atoms with E-state index >= 15 is 0 Å². The Kier molecular flexibility index (Phi) is 5.43. The first kappa shape index (κ1) is 13.4. The molecule has 0 radical (unpaired) electrons. The molecule has 0 aromatic heterocycles. The minimum Gasteiger partial charge on any atom is -0.457 e. The fourth-order valence-electron chi connectivity index (χ4n) is 1.10. The van der Waals surface area contributed by atoms with Crippen molar-refractivity contribution >= 4 is 25.2 Å². The molecule has 0 saturated heterocycles. The summed E-state index contributed by atoms with van der Waals surface area (Å²) in [4.78, 5) is 0. The van der Waals surface area contributed by atoms with Gasteiger partial charge in [-0.05, 0) is 33.5 Å². The molecule has 0 heterocycles. The van der Waals surface area contributed by atoms with Crippen LogP contribution in [0.3, 0.4) is 0 Å². The lowest BCUT2D eigenvalue weighted by Gasteiger charge is -2.26. The molecular formula is C9H24OSi3. The van der Waals surface area contributed by atoms with Crippen LogP contribution in [0.15, 0.2) is 11.3 Å². The summed E-state index contributed by atoms with van der Waals surface area (Å²) in [5.74, 6) is 0. The van der Waals surface area contributed by atoms with Crippen molar-refractivity contribution < 1.29 is 4.12 Å².